The number of rotatable bonds is 6. The smallest absolute Gasteiger partial charge is 0.407 e. The molecule has 0 saturated heterocycles. The molecule has 0 radical (unpaired) electrons. The Kier molecular flexibility index (Phi) is 6.98. The summed E-state index contributed by atoms with van der Waals surface area (Å²) in [5.74, 6) is 1.45. The van der Waals surface area contributed by atoms with E-state index >= 15 is 0 Å². The average Bonchev–Trinajstić information content (AvgIpc) is 3.32. The Morgan fingerprint density at radius 1 is 1.39 bits per heavy atom. The number of benzene rings is 1. The third kappa shape index (κ3) is 5.63. The summed E-state index contributed by atoms with van der Waals surface area (Å²) in [4.78, 5) is 29.4. The number of anilines is 1. The van der Waals surface area contributed by atoms with Crippen LogP contribution in [-0.2, 0) is 14.4 Å². The molecular weight excluding hydrogens is 497 g/mol. The lowest BCUT2D eigenvalue weighted by molar-refractivity contribution is 0.0531. The molecule has 1 aliphatic rings. The molecule has 0 bridgehead atoms. The Balaban J connectivity index is 1.72. The van der Waals surface area contributed by atoms with Gasteiger partial charge in [0.25, 0.3) is 0 Å². The number of hydrogen-bond acceptors (Lipinski definition) is 10. The molecule has 3 rings (SSSR count). The highest BCUT2D eigenvalue weighted by Gasteiger charge is 2.34. The van der Waals surface area contributed by atoms with Gasteiger partial charge >= 0.3 is 12.0 Å². The van der Waals surface area contributed by atoms with Crippen molar-refractivity contribution in [1.29, 1.82) is 0 Å². The third-order valence-electron chi connectivity index (χ3n) is 3.56. The first-order valence-corrected chi connectivity index (χ1v) is 10.7. The van der Waals surface area contributed by atoms with E-state index < -0.39 is 17.5 Å². The quantitative estimate of drug-likeness (QED) is 0.351. The number of nitrogens with one attached hydrogen (secondary N) is 1. The third-order valence-corrected chi connectivity index (χ3v) is 5.12. The molecular formula is C18H17BrFN5O5S. The second-order valence-electron chi connectivity index (χ2n) is 7.04. The molecule has 0 spiro atoms. The van der Waals surface area contributed by atoms with Gasteiger partial charge in [-0.1, -0.05) is 16.9 Å². The van der Waals surface area contributed by atoms with Crippen LogP contribution in [0.2, 0.25) is 0 Å². The fraction of sp³-hybridized carbons (Fsp3) is 0.333. The first-order valence-electron chi connectivity index (χ1n) is 8.87. The summed E-state index contributed by atoms with van der Waals surface area (Å²) in [7, 11) is 0. The Hall–Kier alpha value is -2.89. The fourth-order valence-corrected chi connectivity index (χ4v) is 3.48. The van der Waals surface area contributed by atoms with Crippen molar-refractivity contribution in [2.75, 3.05) is 17.2 Å². The zero-order chi connectivity index (χ0) is 22.6. The minimum absolute atomic E-state index is 0.112. The van der Waals surface area contributed by atoms with Crippen LogP contribution in [0, 0.1) is 5.82 Å². The van der Waals surface area contributed by atoms with Crippen molar-refractivity contribution in [3.8, 4) is 0 Å². The number of alkyl carbamates (subject to hydrolysis) is 1. The van der Waals surface area contributed by atoms with Gasteiger partial charge in [0.15, 0.2) is 16.7 Å². The van der Waals surface area contributed by atoms with Crippen LogP contribution in [0.5, 0.6) is 0 Å². The Morgan fingerprint density at radius 3 is 2.84 bits per heavy atom. The summed E-state index contributed by atoms with van der Waals surface area (Å²) in [5, 5.41) is 14.5. The van der Waals surface area contributed by atoms with Gasteiger partial charge in [-0.25, -0.2) is 23.5 Å². The molecule has 1 aromatic heterocycles. The highest BCUT2D eigenvalue weighted by Crippen LogP contribution is 2.32. The maximum Gasteiger partial charge on any atom is 0.407 e. The minimum Gasteiger partial charge on any atom is -0.444 e. The van der Waals surface area contributed by atoms with E-state index in [0.717, 1.165) is 0 Å². The average molecular weight is 514 g/mol. The number of carbonyl (C=O) groups is 1. The lowest BCUT2D eigenvalue weighted by Gasteiger charge is -2.19. The number of thioether (sulfide) groups is 1. The summed E-state index contributed by atoms with van der Waals surface area (Å²) < 4.78 is 23.8. The van der Waals surface area contributed by atoms with Gasteiger partial charge in [0.1, 0.15) is 11.4 Å². The van der Waals surface area contributed by atoms with Gasteiger partial charge in [-0.3, -0.25) is 0 Å². The number of amides is 1. The van der Waals surface area contributed by atoms with Gasteiger partial charge in [-0.2, -0.15) is 0 Å². The van der Waals surface area contributed by atoms with E-state index in [1.54, 1.807) is 26.7 Å². The first kappa shape index (κ1) is 22.8. The largest absolute Gasteiger partial charge is 0.444 e. The van der Waals surface area contributed by atoms with Crippen molar-refractivity contribution in [1.82, 2.24) is 15.6 Å². The second-order valence-corrected chi connectivity index (χ2v) is 8.98. The van der Waals surface area contributed by atoms with Crippen LogP contribution >= 0.6 is 27.7 Å². The van der Waals surface area contributed by atoms with Crippen LogP contribution in [0.15, 0.2) is 43.4 Å². The van der Waals surface area contributed by atoms with E-state index in [0.29, 0.717) is 23.0 Å². The van der Waals surface area contributed by atoms with Crippen LogP contribution in [0.3, 0.4) is 0 Å². The Labute approximate surface area is 188 Å². The minimum atomic E-state index is -0.594. The van der Waals surface area contributed by atoms with Crippen molar-refractivity contribution >= 4 is 51.2 Å². The van der Waals surface area contributed by atoms with Gasteiger partial charge in [0, 0.05) is 12.3 Å². The molecule has 1 N–H and O–H groups in total. The van der Waals surface area contributed by atoms with Gasteiger partial charge in [-0.05, 0) is 65.2 Å². The zero-order valence-corrected chi connectivity index (χ0v) is 19.0. The summed E-state index contributed by atoms with van der Waals surface area (Å²) in [5.41, 5.74) is -0.00898. The highest BCUT2D eigenvalue weighted by atomic mass is 79.9. The van der Waals surface area contributed by atoms with Crippen LogP contribution in [0.4, 0.5) is 14.9 Å². The fourth-order valence-electron chi connectivity index (χ4n) is 2.37. The molecule has 164 valence electrons. The van der Waals surface area contributed by atoms with Gasteiger partial charge in [0.2, 0.25) is 5.84 Å². The highest BCUT2D eigenvalue weighted by molar-refractivity contribution is 9.10. The van der Waals surface area contributed by atoms with Crippen LogP contribution in [0.25, 0.3) is 0 Å². The number of halogens is 2. The number of nitrogens with zero attached hydrogens (tertiary/aromatic N) is 4. The first-order chi connectivity index (χ1) is 14.7. The predicted octanol–water partition coefficient (Wildman–Crippen LogP) is 3.46. The Bertz CT molecular complexity index is 1060. The van der Waals surface area contributed by atoms with E-state index in [2.05, 4.69) is 36.7 Å². The maximum atomic E-state index is 13.6. The molecule has 13 heteroatoms. The molecule has 0 saturated carbocycles. The summed E-state index contributed by atoms with van der Waals surface area (Å²) >= 11 is 4.34. The van der Waals surface area contributed by atoms with Gasteiger partial charge in [0.05, 0.1) is 10.2 Å². The van der Waals surface area contributed by atoms with E-state index in [9.17, 15) is 14.0 Å². The van der Waals surface area contributed by atoms with Crippen LogP contribution in [-0.4, -0.2) is 46.1 Å². The molecule has 0 aliphatic carbocycles. The molecule has 2 aromatic rings. The molecule has 10 nitrogen and oxygen atoms in total. The molecule has 1 aliphatic heterocycles. The van der Waals surface area contributed by atoms with E-state index in [4.69, 9.17) is 14.2 Å². The Morgan fingerprint density at radius 2 is 2.16 bits per heavy atom. The molecule has 31 heavy (non-hydrogen) atoms. The molecule has 1 aromatic carbocycles. The maximum absolute atomic E-state index is 13.6. The molecule has 0 unspecified atom stereocenters. The van der Waals surface area contributed by atoms with Crippen molar-refractivity contribution in [2.24, 2.45) is 5.16 Å². The monoisotopic (exact) mass is 513 g/mol. The lowest BCUT2D eigenvalue weighted by Crippen LogP contribution is -2.33. The number of carbonyl (C=O) groups excluding carboxylic acids is 2. The summed E-state index contributed by atoms with van der Waals surface area (Å²) in [6.45, 7) is 5.61. The number of oxime groups is 1. The predicted molar refractivity (Wildman–Crippen MR) is 113 cm³/mol. The lowest BCUT2D eigenvalue weighted by atomic mass is 10.2. The van der Waals surface area contributed by atoms with Crippen LogP contribution in [0.1, 0.15) is 26.5 Å². The van der Waals surface area contributed by atoms with E-state index in [1.165, 1.54) is 34.9 Å². The van der Waals surface area contributed by atoms with E-state index in [-0.39, 0.29) is 21.9 Å². The van der Waals surface area contributed by atoms with E-state index in [1.807, 2.05) is 0 Å². The number of amidine groups is 1. The summed E-state index contributed by atoms with van der Waals surface area (Å²) in [6.07, 6.45) is -0.533. The van der Waals surface area contributed by atoms with Crippen LogP contribution < -0.4 is 10.2 Å². The number of aromatic nitrogens is 2. The standard InChI is InChI=1S/C18H17BrFN5O5S/c1-18(2,3)28-17(27)21-6-7-31-16-14(22-30-24-16)15-23-29-13(9-26)25(15)10-4-5-12(20)11(19)8-10/h4-5,8H,6-7H2,1-3H3,(H,21,27). The van der Waals surface area contributed by atoms with Gasteiger partial charge < -0.3 is 14.9 Å². The topological polar surface area (TPSA) is 119 Å². The SMILES string of the molecule is CC(C)(C)OC(=O)NCCSc1nonc1C1=NOC(=C=O)N1c1ccc(F)c(Br)c1. The van der Waals surface area contributed by atoms with Crippen molar-refractivity contribution < 1.29 is 28.2 Å². The van der Waals surface area contributed by atoms with Gasteiger partial charge in [-0.15, -0.1) is 0 Å². The van der Waals surface area contributed by atoms with Crippen molar-refractivity contribution in [3.63, 3.8) is 0 Å². The molecule has 0 atom stereocenters. The molecule has 0 fully saturated rings. The zero-order valence-electron chi connectivity index (χ0n) is 16.6. The second kappa shape index (κ2) is 9.50. The van der Waals surface area contributed by atoms with Crippen molar-refractivity contribution in [2.45, 2.75) is 31.4 Å². The molecule has 1 amide bonds. The number of ether oxygens (including phenoxy) is 1. The summed E-state index contributed by atoms with van der Waals surface area (Å²) in [6, 6.07) is 4.10. The molecule has 2 heterocycles. The number of hydrogen-bond donors (Lipinski definition) is 1. The normalized spacial score (nSPS) is 13.5. The van der Waals surface area contributed by atoms with Crippen molar-refractivity contribution in [3.05, 3.63) is 40.1 Å².